The highest BCUT2D eigenvalue weighted by molar-refractivity contribution is 5.83. The molecule has 5 nitrogen and oxygen atoms in total. The summed E-state index contributed by atoms with van der Waals surface area (Å²) in [7, 11) is 0. The third kappa shape index (κ3) is 6.16. The normalized spacial score (nSPS) is 10.6. The van der Waals surface area contributed by atoms with Crippen LogP contribution >= 0.6 is 0 Å². The standard InChI is InChI=1S/C19H17N3O2/c20-13-12-19(23)22-21-15-17-8-10-18(11-9-17)24-14-4-7-16-5-2-1-3-6-16/h1-11,15H,12,14H2,(H,22,23)/b7-4+,21-15?. The van der Waals surface area contributed by atoms with Crippen molar-refractivity contribution in [2.45, 2.75) is 6.42 Å². The predicted octanol–water partition coefficient (Wildman–Crippen LogP) is 3.14. The zero-order valence-electron chi connectivity index (χ0n) is 13.1. The Labute approximate surface area is 140 Å². The van der Waals surface area contributed by atoms with Gasteiger partial charge in [-0.05, 0) is 41.5 Å². The van der Waals surface area contributed by atoms with Crippen LogP contribution in [0.25, 0.3) is 6.08 Å². The fraction of sp³-hybridized carbons (Fsp3) is 0.105. The second-order valence-corrected chi connectivity index (χ2v) is 4.82. The van der Waals surface area contributed by atoms with Crippen molar-refractivity contribution < 1.29 is 9.53 Å². The molecule has 0 atom stereocenters. The van der Waals surface area contributed by atoms with E-state index >= 15 is 0 Å². The Kier molecular flexibility index (Phi) is 6.78. The Morgan fingerprint density at radius 1 is 1.12 bits per heavy atom. The van der Waals surface area contributed by atoms with Gasteiger partial charge in [-0.3, -0.25) is 4.79 Å². The fourth-order valence-corrected chi connectivity index (χ4v) is 1.83. The number of rotatable bonds is 7. The summed E-state index contributed by atoms with van der Waals surface area (Å²) >= 11 is 0. The van der Waals surface area contributed by atoms with E-state index in [1.165, 1.54) is 6.21 Å². The van der Waals surface area contributed by atoms with Crippen LogP contribution in [0.4, 0.5) is 0 Å². The Morgan fingerprint density at radius 2 is 1.88 bits per heavy atom. The molecule has 0 aliphatic rings. The number of ether oxygens (including phenoxy) is 1. The van der Waals surface area contributed by atoms with Gasteiger partial charge in [-0.1, -0.05) is 36.4 Å². The number of carbonyl (C=O) groups excluding carboxylic acids is 1. The topological polar surface area (TPSA) is 74.5 Å². The van der Waals surface area contributed by atoms with Gasteiger partial charge in [-0.25, -0.2) is 5.43 Å². The van der Waals surface area contributed by atoms with Crippen molar-refractivity contribution in [1.82, 2.24) is 5.43 Å². The molecule has 0 spiro atoms. The average Bonchev–Trinajstić information content (AvgIpc) is 2.61. The van der Waals surface area contributed by atoms with Gasteiger partial charge < -0.3 is 4.74 Å². The van der Waals surface area contributed by atoms with Gasteiger partial charge in [0.1, 0.15) is 18.8 Å². The molecule has 0 heterocycles. The minimum absolute atomic E-state index is 0.208. The number of carbonyl (C=O) groups is 1. The van der Waals surface area contributed by atoms with E-state index in [0.29, 0.717) is 6.61 Å². The van der Waals surface area contributed by atoms with E-state index in [2.05, 4.69) is 10.5 Å². The van der Waals surface area contributed by atoms with Crippen LogP contribution in [-0.4, -0.2) is 18.7 Å². The quantitative estimate of drug-likeness (QED) is 0.629. The third-order valence-electron chi connectivity index (χ3n) is 2.98. The van der Waals surface area contributed by atoms with E-state index in [0.717, 1.165) is 16.9 Å². The molecule has 5 heteroatoms. The maximum Gasteiger partial charge on any atom is 0.254 e. The smallest absolute Gasteiger partial charge is 0.254 e. The van der Waals surface area contributed by atoms with Crippen LogP contribution in [0.2, 0.25) is 0 Å². The molecule has 2 aromatic rings. The highest BCUT2D eigenvalue weighted by atomic mass is 16.5. The Balaban J connectivity index is 1.78. The van der Waals surface area contributed by atoms with Crippen molar-refractivity contribution in [2.24, 2.45) is 5.10 Å². The second kappa shape index (κ2) is 9.59. The van der Waals surface area contributed by atoms with Crippen molar-refractivity contribution in [3.63, 3.8) is 0 Å². The molecule has 0 aromatic heterocycles. The largest absolute Gasteiger partial charge is 0.490 e. The van der Waals surface area contributed by atoms with Gasteiger partial charge in [0.2, 0.25) is 0 Å². The van der Waals surface area contributed by atoms with E-state index in [1.54, 1.807) is 6.07 Å². The van der Waals surface area contributed by atoms with E-state index in [4.69, 9.17) is 10.00 Å². The molecule has 120 valence electrons. The van der Waals surface area contributed by atoms with Crippen LogP contribution in [-0.2, 0) is 4.79 Å². The summed E-state index contributed by atoms with van der Waals surface area (Å²) in [5, 5.41) is 12.1. The Bertz CT molecular complexity index is 744. The summed E-state index contributed by atoms with van der Waals surface area (Å²) in [4.78, 5) is 11.1. The van der Waals surface area contributed by atoms with Gasteiger partial charge >= 0.3 is 0 Å². The molecule has 0 aliphatic heterocycles. The highest BCUT2D eigenvalue weighted by Gasteiger charge is 1.96. The number of nitrogens with zero attached hydrogens (tertiary/aromatic N) is 2. The number of nitriles is 1. The van der Waals surface area contributed by atoms with Gasteiger partial charge in [0, 0.05) is 0 Å². The summed E-state index contributed by atoms with van der Waals surface area (Å²) in [6.07, 6.45) is 5.26. The van der Waals surface area contributed by atoms with Crippen molar-refractivity contribution in [2.75, 3.05) is 6.61 Å². The first-order valence-corrected chi connectivity index (χ1v) is 7.41. The first-order chi connectivity index (χ1) is 11.8. The number of benzene rings is 2. The van der Waals surface area contributed by atoms with E-state index in [9.17, 15) is 4.79 Å². The molecule has 1 amide bonds. The lowest BCUT2D eigenvalue weighted by Gasteiger charge is -2.03. The minimum Gasteiger partial charge on any atom is -0.490 e. The van der Waals surface area contributed by atoms with Gasteiger partial charge in [0.25, 0.3) is 5.91 Å². The fourth-order valence-electron chi connectivity index (χ4n) is 1.83. The maximum atomic E-state index is 11.1. The molecular formula is C19H17N3O2. The minimum atomic E-state index is -0.432. The summed E-state index contributed by atoms with van der Waals surface area (Å²) in [6, 6.07) is 19.1. The van der Waals surface area contributed by atoms with E-state index in [-0.39, 0.29) is 6.42 Å². The zero-order chi connectivity index (χ0) is 17.0. The summed E-state index contributed by atoms with van der Waals surface area (Å²) in [6.45, 7) is 0.479. The lowest BCUT2D eigenvalue weighted by molar-refractivity contribution is -0.120. The monoisotopic (exact) mass is 319 g/mol. The molecule has 2 aromatic carbocycles. The highest BCUT2D eigenvalue weighted by Crippen LogP contribution is 2.11. The van der Waals surface area contributed by atoms with Gasteiger partial charge in [0.15, 0.2) is 0 Å². The lowest BCUT2D eigenvalue weighted by Crippen LogP contribution is -2.16. The molecule has 0 fully saturated rings. The number of hydrogen-bond acceptors (Lipinski definition) is 4. The molecule has 0 radical (unpaired) electrons. The van der Waals surface area contributed by atoms with Gasteiger partial charge in [0.05, 0.1) is 12.3 Å². The summed E-state index contributed by atoms with van der Waals surface area (Å²) in [5.74, 6) is 0.317. The van der Waals surface area contributed by atoms with Gasteiger partial charge in [-0.2, -0.15) is 10.4 Å². The molecule has 0 saturated carbocycles. The average molecular weight is 319 g/mol. The van der Waals surface area contributed by atoms with E-state index in [1.807, 2.05) is 66.7 Å². The molecule has 2 rings (SSSR count). The van der Waals surface area contributed by atoms with Crippen molar-refractivity contribution in [1.29, 1.82) is 5.26 Å². The van der Waals surface area contributed by atoms with Crippen molar-refractivity contribution >= 4 is 18.2 Å². The zero-order valence-corrected chi connectivity index (χ0v) is 13.1. The Morgan fingerprint density at radius 3 is 2.58 bits per heavy atom. The first-order valence-electron chi connectivity index (χ1n) is 7.41. The van der Waals surface area contributed by atoms with Crippen molar-refractivity contribution in [3.8, 4) is 11.8 Å². The van der Waals surface area contributed by atoms with Crippen LogP contribution in [0.1, 0.15) is 17.5 Å². The Hall–Kier alpha value is -3.39. The van der Waals surface area contributed by atoms with Crippen LogP contribution in [0.3, 0.4) is 0 Å². The summed E-state index contributed by atoms with van der Waals surface area (Å²) in [5.41, 5.74) is 4.22. The third-order valence-corrected chi connectivity index (χ3v) is 2.98. The molecule has 0 aliphatic carbocycles. The van der Waals surface area contributed by atoms with Crippen LogP contribution in [0, 0.1) is 11.3 Å². The molecule has 0 bridgehead atoms. The molecule has 0 unspecified atom stereocenters. The predicted molar refractivity (Wildman–Crippen MR) is 93.4 cm³/mol. The van der Waals surface area contributed by atoms with Gasteiger partial charge in [-0.15, -0.1) is 0 Å². The molecule has 24 heavy (non-hydrogen) atoms. The summed E-state index contributed by atoms with van der Waals surface area (Å²) < 4.78 is 5.62. The van der Waals surface area contributed by atoms with Crippen LogP contribution in [0.15, 0.2) is 65.8 Å². The SMILES string of the molecule is N#CCC(=O)NN=Cc1ccc(OC/C=C/c2ccccc2)cc1. The van der Waals surface area contributed by atoms with Crippen LogP contribution < -0.4 is 10.2 Å². The number of amides is 1. The number of hydrazone groups is 1. The first kappa shape index (κ1) is 17.0. The number of hydrogen-bond donors (Lipinski definition) is 1. The molecular weight excluding hydrogens is 302 g/mol. The molecule has 1 N–H and O–H groups in total. The van der Waals surface area contributed by atoms with Crippen LogP contribution in [0.5, 0.6) is 5.75 Å². The lowest BCUT2D eigenvalue weighted by atomic mass is 10.2. The number of nitrogens with one attached hydrogen (secondary N) is 1. The van der Waals surface area contributed by atoms with Crippen molar-refractivity contribution in [3.05, 3.63) is 71.8 Å². The second-order valence-electron chi connectivity index (χ2n) is 4.82. The molecule has 0 saturated heterocycles. The van der Waals surface area contributed by atoms with E-state index < -0.39 is 5.91 Å². The maximum absolute atomic E-state index is 11.1.